The van der Waals surface area contributed by atoms with E-state index in [4.69, 9.17) is 10.00 Å². The van der Waals surface area contributed by atoms with Crippen LogP contribution in [0.5, 0.6) is 0 Å². The van der Waals surface area contributed by atoms with Crippen molar-refractivity contribution >= 4 is 11.4 Å². The monoisotopic (exact) mass is 289 g/mol. The molecule has 6 nitrogen and oxygen atoms in total. The van der Waals surface area contributed by atoms with Crippen LogP contribution in [0.4, 0.5) is 11.4 Å². The van der Waals surface area contributed by atoms with Gasteiger partial charge in [-0.05, 0) is 39.8 Å². The minimum Gasteiger partial charge on any atom is -0.366 e. The van der Waals surface area contributed by atoms with E-state index < -0.39 is 16.1 Å². The fourth-order valence-electron chi connectivity index (χ4n) is 2.96. The second kappa shape index (κ2) is 5.01. The lowest BCUT2D eigenvalue weighted by Gasteiger charge is -2.47. The van der Waals surface area contributed by atoms with Crippen LogP contribution in [-0.2, 0) is 4.74 Å². The number of anilines is 1. The molecule has 1 heterocycles. The zero-order valence-electron chi connectivity index (χ0n) is 12.7. The van der Waals surface area contributed by atoms with Crippen molar-refractivity contribution in [2.75, 3.05) is 18.0 Å². The number of nitrogens with zero attached hydrogens (tertiary/aromatic N) is 3. The lowest BCUT2D eigenvalue weighted by Crippen LogP contribution is -2.57. The Labute approximate surface area is 124 Å². The van der Waals surface area contributed by atoms with E-state index in [9.17, 15) is 10.1 Å². The molecule has 0 spiro atoms. The van der Waals surface area contributed by atoms with Crippen LogP contribution in [0, 0.1) is 21.4 Å². The predicted octanol–water partition coefficient (Wildman–Crippen LogP) is 2.86. The number of morpholine rings is 1. The van der Waals surface area contributed by atoms with Gasteiger partial charge in [-0.25, -0.2) is 0 Å². The summed E-state index contributed by atoms with van der Waals surface area (Å²) in [5.74, 6) is 0. The van der Waals surface area contributed by atoms with Gasteiger partial charge in [-0.1, -0.05) is 0 Å². The van der Waals surface area contributed by atoms with Crippen LogP contribution in [0.15, 0.2) is 18.2 Å². The predicted molar refractivity (Wildman–Crippen MR) is 79.3 cm³/mol. The first-order valence-electron chi connectivity index (χ1n) is 6.77. The van der Waals surface area contributed by atoms with Crippen LogP contribution >= 0.6 is 0 Å². The van der Waals surface area contributed by atoms with E-state index in [1.165, 1.54) is 6.07 Å². The van der Waals surface area contributed by atoms with E-state index >= 15 is 0 Å². The van der Waals surface area contributed by atoms with Crippen molar-refractivity contribution in [1.29, 1.82) is 5.26 Å². The van der Waals surface area contributed by atoms with Crippen LogP contribution in [0.1, 0.15) is 33.3 Å². The fourth-order valence-corrected chi connectivity index (χ4v) is 2.96. The molecule has 0 aliphatic carbocycles. The Hall–Kier alpha value is -2.13. The Kier molecular flexibility index (Phi) is 3.64. The van der Waals surface area contributed by atoms with Gasteiger partial charge in [0.2, 0.25) is 0 Å². The lowest BCUT2D eigenvalue weighted by molar-refractivity contribution is -0.384. The maximum atomic E-state index is 11.3. The molecule has 21 heavy (non-hydrogen) atoms. The summed E-state index contributed by atoms with van der Waals surface area (Å²) in [5.41, 5.74) is -0.0178. The smallest absolute Gasteiger partial charge is 0.293 e. The van der Waals surface area contributed by atoms with E-state index in [1.54, 1.807) is 12.1 Å². The molecule has 0 unspecified atom stereocenters. The normalized spacial score (nSPS) is 19.9. The number of nitro groups is 1. The Balaban J connectivity index is 2.46. The van der Waals surface area contributed by atoms with Gasteiger partial charge in [-0.3, -0.25) is 10.1 Å². The minimum absolute atomic E-state index is 0.0393. The molecule has 1 saturated heterocycles. The van der Waals surface area contributed by atoms with Gasteiger partial charge in [0.25, 0.3) is 5.69 Å². The summed E-state index contributed by atoms with van der Waals surface area (Å²) >= 11 is 0. The molecule has 0 N–H and O–H groups in total. The highest BCUT2D eigenvalue weighted by molar-refractivity contribution is 5.66. The lowest BCUT2D eigenvalue weighted by atomic mass is 9.98. The molecule has 0 amide bonds. The molecule has 0 atom stereocenters. The zero-order chi connectivity index (χ0) is 15.8. The Morgan fingerprint density at radius 2 is 1.86 bits per heavy atom. The average molecular weight is 289 g/mol. The molecule has 1 fully saturated rings. The second-order valence-corrected chi connectivity index (χ2v) is 6.55. The van der Waals surface area contributed by atoms with Crippen LogP contribution in [0.2, 0.25) is 0 Å². The van der Waals surface area contributed by atoms with E-state index in [0.29, 0.717) is 18.8 Å². The number of nitriles is 1. The number of nitro benzene ring substituents is 1. The maximum absolute atomic E-state index is 11.3. The highest BCUT2D eigenvalue weighted by atomic mass is 16.6. The van der Waals surface area contributed by atoms with Gasteiger partial charge in [0.1, 0.15) is 5.69 Å². The van der Waals surface area contributed by atoms with Gasteiger partial charge in [0, 0.05) is 19.2 Å². The first-order valence-corrected chi connectivity index (χ1v) is 6.77. The van der Waals surface area contributed by atoms with E-state index in [1.807, 2.05) is 38.7 Å². The SMILES string of the molecule is CC1(C)CN(c2ccc(C#N)cc2[N+](=O)[O-])CC(C)(C)O1. The third kappa shape index (κ3) is 3.31. The van der Waals surface area contributed by atoms with Gasteiger partial charge in [0.15, 0.2) is 0 Å². The van der Waals surface area contributed by atoms with Crippen LogP contribution in [-0.4, -0.2) is 29.2 Å². The molecule has 0 bridgehead atoms. The molecule has 0 saturated carbocycles. The maximum Gasteiger partial charge on any atom is 0.293 e. The number of hydrogen-bond donors (Lipinski definition) is 0. The number of rotatable bonds is 2. The van der Waals surface area contributed by atoms with Crippen LogP contribution in [0.3, 0.4) is 0 Å². The molecule has 1 aliphatic rings. The third-order valence-electron chi connectivity index (χ3n) is 3.34. The summed E-state index contributed by atoms with van der Waals surface area (Å²) in [6.45, 7) is 8.99. The van der Waals surface area contributed by atoms with E-state index in [0.717, 1.165) is 0 Å². The van der Waals surface area contributed by atoms with E-state index in [-0.39, 0.29) is 11.3 Å². The van der Waals surface area contributed by atoms with Crippen molar-refractivity contribution in [3.63, 3.8) is 0 Å². The number of ether oxygens (including phenoxy) is 1. The molecule has 1 aliphatic heterocycles. The average Bonchev–Trinajstić information content (AvgIpc) is 2.34. The highest BCUT2D eigenvalue weighted by Crippen LogP contribution is 2.36. The third-order valence-corrected chi connectivity index (χ3v) is 3.34. The van der Waals surface area contributed by atoms with Crippen molar-refractivity contribution in [1.82, 2.24) is 0 Å². The molecule has 0 radical (unpaired) electrons. The van der Waals surface area contributed by atoms with Gasteiger partial charge < -0.3 is 9.64 Å². The molecule has 1 aromatic carbocycles. The van der Waals surface area contributed by atoms with Crippen molar-refractivity contribution < 1.29 is 9.66 Å². The van der Waals surface area contributed by atoms with Crippen molar-refractivity contribution in [3.05, 3.63) is 33.9 Å². The fraction of sp³-hybridized carbons (Fsp3) is 0.533. The van der Waals surface area contributed by atoms with Crippen molar-refractivity contribution in [2.45, 2.75) is 38.9 Å². The topological polar surface area (TPSA) is 79.4 Å². The number of hydrogen-bond acceptors (Lipinski definition) is 5. The zero-order valence-corrected chi connectivity index (χ0v) is 12.7. The Morgan fingerprint density at radius 1 is 1.29 bits per heavy atom. The van der Waals surface area contributed by atoms with Crippen LogP contribution < -0.4 is 4.90 Å². The summed E-state index contributed by atoms with van der Waals surface area (Å²) in [6.07, 6.45) is 0. The van der Waals surface area contributed by atoms with Gasteiger partial charge in [0.05, 0.1) is 27.8 Å². The first-order chi connectivity index (χ1) is 9.63. The van der Waals surface area contributed by atoms with Gasteiger partial charge in [-0.15, -0.1) is 0 Å². The summed E-state index contributed by atoms with van der Waals surface area (Å²) in [4.78, 5) is 12.8. The quantitative estimate of drug-likeness (QED) is 0.618. The molecular weight excluding hydrogens is 270 g/mol. The van der Waals surface area contributed by atoms with Crippen molar-refractivity contribution in [2.24, 2.45) is 0 Å². The van der Waals surface area contributed by atoms with Gasteiger partial charge in [-0.2, -0.15) is 5.26 Å². The molecule has 0 aromatic heterocycles. The van der Waals surface area contributed by atoms with Crippen molar-refractivity contribution in [3.8, 4) is 6.07 Å². The summed E-state index contributed by atoms with van der Waals surface area (Å²) in [7, 11) is 0. The number of benzene rings is 1. The largest absolute Gasteiger partial charge is 0.366 e. The summed E-state index contributed by atoms with van der Waals surface area (Å²) < 4.78 is 5.99. The summed E-state index contributed by atoms with van der Waals surface area (Å²) in [6, 6.07) is 6.52. The highest BCUT2D eigenvalue weighted by Gasteiger charge is 2.39. The van der Waals surface area contributed by atoms with E-state index in [2.05, 4.69) is 0 Å². The Morgan fingerprint density at radius 3 is 2.33 bits per heavy atom. The molecular formula is C15H19N3O3. The molecule has 1 aromatic rings. The second-order valence-electron chi connectivity index (χ2n) is 6.55. The summed E-state index contributed by atoms with van der Waals surface area (Å²) in [5, 5.41) is 20.2. The minimum atomic E-state index is -0.439. The van der Waals surface area contributed by atoms with Crippen LogP contribution in [0.25, 0.3) is 0 Å². The molecule has 6 heteroatoms. The molecule has 2 rings (SSSR count). The van der Waals surface area contributed by atoms with Gasteiger partial charge >= 0.3 is 0 Å². The standard InChI is InChI=1S/C15H19N3O3/c1-14(2)9-17(10-15(3,4)21-14)12-6-5-11(8-16)7-13(12)18(19)20/h5-7H,9-10H2,1-4H3. The Bertz CT molecular complexity index is 601. The molecule has 112 valence electrons. The first kappa shape index (κ1) is 15.3.